The van der Waals surface area contributed by atoms with E-state index in [1.54, 1.807) is 0 Å². The summed E-state index contributed by atoms with van der Waals surface area (Å²) in [6, 6.07) is 10.6. The molecule has 0 unspecified atom stereocenters. The molecule has 3 heteroatoms. The Morgan fingerprint density at radius 1 is 1.50 bits per heavy atom. The second-order valence-electron chi connectivity index (χ2n) is 2.68. The zero-order valence-corrected chi connectivity index (χ0v) is 6.58. The van der Waals surface area contributed by atoms with Gasteiger partial charge >= 0.3 is 0 Å². The van der Waals surface area contributed by atoms with Gasteiger partial charge in [-0.1, -0.05) is 18.2 Å². The van der Waals surface area contributed by atoms with Gasteiger partial charge in [0.15, 0.2) is 0 Å². The molecule has 0 aliphatic carbocycles. The third-order valence-electron chi connectivity index (χ3n) is 1.81. The molecular formula is C9H9N2O. The van der Waals surface area contributed by atoms with Crippen LogP contribution in [0.3, 0.4) is 0 Å². The highest BCUT2D eigenvalue weighted by Crippen LogP contribution is 2.13. The molecule has 0 atom stereocenters. The van der Waals surface area contributed by atoms with Gasteiger partial charge in [0.25, 0.3) is 0 Å². The third kappa shape index (κ3) is 1.25. The van der Waals surface area contributed by atoms with E-state index in [0.717, 1.165) is 12.2 Å². The lowest BCUT2D eigenvalue weighted by Crippen LogP contribution is -2.32. The molecule has 12 heavy (non-hydrogen) atoms. The van der Waals surface area contributed by atoms with Gasteiger partial charge in [0.1, 0.15) is 0 Å². The quantitative estimate of drug-likeness (QED) is 0.658. The molecule has 1 aromatic carbocycles. The predicted octanol–water partition coefficient (Wildman–Crippen LogP) is 0.728. The Hall–Kier alpha value is -1.51. The summed E-state index contributed by atoms with van der Waals surface area (Å²) in [5, 5.41) is 1.81. The van der Waals surface area contributed by atoms with Gasteiger partial charge in [0.05, 0.1) is 5.69 Å². The molecule has 1 aliphatic heterocycles. The zero-order valence-electron chi connectivity index (χ0n) is 6.58. The number of hydrogen-bond acceptors (Lipinski definition) is 2. The Balaban J connectivity index is 2.16. The van der Waals surface area contributed by atoms with Crippen LogP contribution in [0.15, 0.2) is 24.3 Å². The van der Waals surface area contributed by atoms with Gasteiger partial charge in [-0.15, -0.1) is 0 Å². The minimum absolute atomic E-state index is 0.0762. The summed E-state index contributed by atoms with van der Waals surface area (Å²) < 4.78 is 0. The number of amides is 1. The van der Waals surface area contributed by atoms with Crippen LogP contribution in [0.5, 0.6) is 0 Å². The van der Waals surface area contributed by atoms with E-state index in [1.807, 2.05) is 29.3 Å². The van der Waals surface area contributed by atoms with E-state index in [9.17, 15) is 4.79 Å². The van der Waals surface area contributed by atoms with E-state index >= 15 is 0 Å². The molecule has 0 saturated carbocycles. The van der Waals surface area contributed by atoms with Crippen LogP contribution in [0.25, 0.3) is 0 Å². The van der Waals surface area contributed by atoms with Crippen LogP contribution in [0.1, 0.15) is 6.42 Å². The standard InChI is InChI=1S/C9H9N2O/c12-9-6-7-11(10-9)8-4-2-1-3-5-8/h1-4H,6-7H2,(H,10,12). The number of benzene rings is 1. The van der Waals surface area contributed by atoms with Crippen molar-refractivity contribution in [1.29, 1.82) is 0 Å². The topological polar surface area (TPSA) is 32.3 Å². The molecule has 1 aromatic rings. The van der Waals surface area contributed by atoms with Gasteiger partial charge in [-0.3, -0.25) is 15.2 Å². The van der Waals surface area contributed by atoms with Crippen molar-refractivity contribution in [2.45, 2.75) is 6.42 Å². The maximum absolute atomic E-state index is 10.9. The smallest absolute Gasteiger partial charge is 0.240 e. The van der Waals surface area contributed by atoms with Crippen molar-refractivity contribution in [3.8, 4) is 0 Å². The van der Waals surface area contributed by atoms with Gasteiger partial charge < -0.3 is 0 Å². The fourth-order valence-electron chi connectivity index (χ4n) is 1.21. The summed E-state index contributed by atoms with van der Waals surface area (Å²) >= 11 is 0. The average molecular weight is 161 g/mol. The monoisotopic (exact) mass is 161 g/mol. The number of para-hydroxylation sites is 1. The van der Waals surface area contributed by atoms with E-state index < -0.39 is 0 Å². The molecule has 61 valence electrons. The molecule has 1 amide bonds. The minimum Gasteiger partial charge on any atom is -0.284 e. The number of carbonyl (C=O) groups excluding carboxylic acids is 1. The number of anilines is 1. The fourth-order valence-corrected chi connectivity index (χ4v) is 1.21. The Morgan fingerprint density at radius 2 is 2.42 bits per heavy atom. The lowest BCUT2D eigenvalue weighted by molar-refractivity contribution is -0.119. The molecule has 2 rings (SSSR count). The molecule has 1 radical (unpaired) electrons. The highest BCUT2D eigenvalue weighted by molar-refractivity contribution is 5.81. The lowest BCUT2D eigenvalue weighted by atomic mass is 10.3. The first-order chi connectivity index (χ1) is 5.86. The minimum atomic E-state index is 0.0762. The zero-order chi connectivity index (χ0) is 8.39. The predicted molar refractivity (Wildman–Crippen MR) is 45.4 cm³/mol. The largest absolute Gasteiger partial charge is 0.284 e. The Labute approximate surface area is 71.0 Å². The Kier molecular flexibility index (Phi) is 1.70. The maximum atomic E-state index is 10.9. The van der Waals surface area contributed by atoms with Gasteiger partial charge in [-0.2, -0.15) is 0 Å². The van der Waals surface area contributed by atoms with Crippen LogP contribution in [0.4, 0.5) is 5.69 Å². The Bertz CT molecular complexity index is 284. The normalized spacial score (nSPS) is 16.3. The molecule has 0 spiro atoms. The SMILES string of the molecule is O=C1CCN(c2[c]cccc2)N1. The molecule has 1 heterocycles. The molecule has 0 aromatic heterocycles. The van der Waals surface area contributed by atoms with Crippen LogP contribution < -0.4 is 10.4 Å². The van der Waals surface area contributed by atoms with Gasteiger partial charge in [0, 0.05) is 19.0 Å². The van der Waals surface area contributed by atoms with Crippen molar-refractivity contribution in [2.75, 3.05) is 11.6 Å². The summed E-state index contributed by atoms with van der Waals surface area (Å²) in [4.78, 5) is 10.9. The van der Waals surface area contributed by atoms with Crippen LogP contribution in [-0.4, -0.2) is 12.5 Å². The number of hydrogen-bond donors (Lipinski definition) is 1. The van der Waals surface area contributed by atoms with Crippen molar-refractivity contribution in [1.82, 2.24) is 5.43 Å². The van der Waals surface area contributed by atoms with Gasteiger partial charge in [0.2, 0.25) is 5.91 Å². The molecule has 0 bridgehead atoms. The van der Waals surface area contributed by atoms with Crippen molar-refractivity contribution < 1.29 is 4.79 Å². The summed E-state index contributed by atoms with van der Waals surface area (Å²) in [6.07, 6.45) is 0.572. The fraction of sp³-hybridized carbons (Fsp3) is 0.222. The third-order valence-corrected chi connectivity index (χ3v) is 1.81. The van der Waals surface area contributed by atoms with Crippen molar-refractivity contribution in [3.63, 3.8) is 0 Å². The number of carbonyl (C=O) groups is 1. The second-order valence-corrected chi connectivity index (χ2v) is 2.68. The van der Waals surface area contributed by atoms with E-state index in [2.05, 4.69) is 11.5 Å². The average Bonchev–Trinajstić information content (AvgIpc) is 2.54. The second kappa shape index (κ2) is 2.85. The van der Waals surface area contributed by atoms with E-state index in [4.69, 9.17) is 0 Å². The van der Waals surface area contributed by atoms with Crippen molar-refractivity contribution in [3.05, 3.63) is 30.3 Å². The highest BCUT2D eigenvalue weighted by atomic mass is 16.2. The molecular weight excluding hydrogens is 152 g/mol. The number of nitrogens with one attached hydrogen (secondary N) is 1. The van der Waals surface area contributed by atoms with E-state index in [0.29, 0.717) is 6.42 Å². The van der Waals surface area contributed by atoms with E-state index in [-0.39, 0.29) is 5.91 Å². The maximum Gasteiger partial charge on any atom is 0.240 e. The molecule has 1 fully saturated rings. The molecule has 1 saturated heterocycles. The summed E-state index contributed by atoms with van der Waals surface area (Å²) in [5.74, 6) is 0.0762. The first-order valence-corrected chi connectivity index (χ1v) is 3.90. The first kappa shape index (κ1) is 7.16. The van der Waals surface area contributed by atoms with Crippen LogP contribution in [0, 0.1) is 6.07 Å². The lowest BCUT2D eigenvalue weighted by Gasteiger charge is -2.15. The van der Waals surface area contributed by atoms with Crippen LogP contribution in [0.2, 0.25) is 0 Å². The van der Waals surface area contributed by atoms with Crippen LogP contribution >= 0.6 is 0 Å². The molecule has 1 N–H and O–H groups in total. The van der Waals surface area contributed by atoms with E-state index in [1.165, 1.54) is 0 Å². The summed E-state index contributed by atoms with van der Waals surface area (Å²) in [7, 11) is 0. The molecule has 3 nitrogen and oxygen atoms in total. The number of rotatable bonds is 1. The van der Waals surface area contributed by atoms with Gasteiger partial charge in [-0.25, -0.2) is 0 Å². The Morgan fingerprint density at radius 3 is 3.00 bits per heavy atom. The number of hydrazine groups is 1. The molecule has 1 aliphatic rings. The first-order valence-electron chi connectivity index (χ1n) is 3.90. The van der Waals surface area contributed by atoms with Crippen molar-refractivity contribution >= 4 is 11.6 Å². The van der Waals surface area contributed by atoms with Crippen molar-refractivity contribution in [2.24, 2.45) is 0 Å². The summed E-state index contributed by atoms with van der Waals surface area (Å²) in [5.41, 5.74) is 3.65. The number of nitrogens with zero attached hydrogens (tertiary/aromatic N) is 1. The summed E-state index contributed by atoms with van der Waals surface area (Å²) in [6.45, 7) is 0.735. The van der Waals surface area contributed by atoms with Gasteiger partial charge in [-0.05, 0) is 6.07 Å². The highest BCUT2D eigenvalue weighted by Gasteiger charge is 2.17. The van der Waals surface area contributed by atoms with Crippen LogP contribution in [-0.2, 0) is 4.79 Å².